The second-order valence-corrected chi connectivity index (χ2v) is 6.40. The third-order valence-electron chi connectivity index (χ3n) is 6.22. The van der Waals surface area contributed by atoms with E-state index < -0.39 is 0 Å². The third-order valence-corrected chi connectivity index (χ3v) is 6.22. The largest absolute Gasteiger partial charge is 0.0654 e. The molecular formula is C15H26. The summed E-state index contributed by atoms with van der Waals surface area (Å²) in [7, 11) is 0. The summed E-state index contributed by atoms with van der Waals surface area (Å²) < 4.78 is 0. The van der Waals surface area contributed by atoms with Crippen molar-refractivity contribution in [2.75, 3.05) is 0 Å². The van der Waals surface area contributed by atoms with Crippen LogP contribution < -0.4 is 0 Å². The van der Waals surface area contributed by atoms with Gasteiger partial charge in [0, 0.05) is 0 Å². The van der Waals surface area contributed by atoms with Gasteiger partial charge in [-0.05, 0) is 61.2 Å². The highest BCUT2D eigenvalue weighted by atomic mass is 14.7. The lowest BCUT2D eigenvalue weighted by Crippen LogP contribution is -2.63. The maximum atomic E-state index is 2.47. The van der Waals surface area contributed by atoms with Gasteiger partial charge in [-0.3, -0.25) is 0 Å². The van der Waals surface area contributed by atoms with E-state index in [-0.39, 0.29) is 0 Å². The molecule has 4 unspecified atom stereocenters. The molecule has 0 aliphatic heterocycles. The van der Waals surface area contributed by atoms with Crippen molar-refractivity contribution >= 4 is 0 Å². The molecule has 2 bridgehead atoms. The van der Waals surface area contributed by atoms with Crippen molar-refractivity contribution in [3.8, 4) is 0 Å². The van der Waals surface area contributed by atoms with E-state index in [9.17, 15) is 0 Å². The highest BCUT2D eigenvalue weighted by molar-refractivity contribution is 5.13. The van der Waals surface area contributed by atoms with E-state index in [2.05, 4.69) is 13.8 Å². The van der Waals surface area contributed by atoms with Crippen LogP contribution in [-0.4, -0.2) is 0 Å². The molecule has 5 atom stereocenters. The maximum Gasteiger partial charge on any atom is -0.0235 e. The predicted molar refractivity (Wildman–Crippen MR) is 64.7 cm³/mol. The second kappa shape index (κ2) is 3.50. The Bertz CT molecular complexity index is 236. The smallest absolute Gasteiger partial charge is 0.0235 e. The van der Waals surface area contributed by atoms with E-state index >= 15 is 0 Å². The van der Waals surface area contributed by atoms with Gasteiger partial charge in [-0.25, -0.2) is 0 Å². The molecule has 86 valence electrons. The molecule has 0 aromatic rings. The molecule has 3 saturated carbocycles. The van der Waals surface area contributed by atoms with Gasteiger partial charge in [0.25, 0.3) is 0 Å². The maximum absolute atomic E-state index is 2.47. The summed E-state index contributed by atoms with van der Waals surface area (Å²) in [5.74, 6) is 4.61. The van der Waals surface area contributed by atoms with Crippen LogP contribution in [0.15, 0.2) is 0 Å². The van der Waals surface area contributed by atoms with Crippen molar-refractivity contribution in [3.63, 3.8) is 0 Å². The first kappa shape index (κ1) is 10.2. The van der Waals surface area contributed by atoms with Gasteiger partial charge in [0.05, 0.1) is 0 Å². The van der Waals surface area contributed by atoms with Gasteiger partial charge in [-0.1, -0.05) is 33.1 Å². The lowest BCUT2D eigenvalue weighted by Gasteiger charge is -2.70. The average Bonchev–Trinajstić information content (AvgIpc) is 2.26. The van der Waals surface area contributed by atoms with E-state index in [1.54, 1.807) is 32.1 Å². The van der Waals surface area contributed by atoms with Gasteiger partial charge in [0.1, 0.15) is 0 Å². The first-order valence-corrected chi connectivity index (χ1v) is 7.33. The molecule has 0 nitrogen and oxygen atoms in total. The molecule has 0 amide bonds. The van der Waals surface area contributed by atoms with Gasteiger partial charge < -0.3 is 0 Å². The molecule has 3 aliphatic carbocycles. The number of hydrogen-bond acceptors (Lipinski definition) is 0. The zero-order chi connectivity index (χ0) is 10.5. The molecule has 0 aromatic heterocycles. The van der Waals surface area contributed by atoms with E-state index in [1.807, 2.05) is 0 Å². The molecular weight excluding hydrogens is 180 g/mol. The minimum atomic E-state index is 0.822. The van der Waals surface area contributed by atoms with E-state index in [1.165, 1.54) is 25.2 Å². The summed E-state index contributed by atoms with van der Waals surface area (Å²) >= 11 is 0. The molecule has 15 heavy (non-hydrogen) atoms. The molecule has 0 N–H and O–H groups in total. The van der Waals surface area contributed by atoms with Gasteiger partial charge in [0.15, 0.2) is 0 Å². The predicted octanol–water partition coefficient (Wildman–Crippen LogP) is 4.64. The van der Waals surface area contributed by atoms with E-state index in [0.717, 1.165) is 23.2 Å². The van der Waals surface area contributed by atoms with Crippen LogP contribution in [-0.2, 0) is 0 Å². The van der Waals surface area contributed by atoms with Crippen molar-refractivity contribution in [2.24, 2.45) is 29.1 Å². The summed E-state index contributed by atoms with van der Waals surface area (Å²) in [6, 6.07) is 0. The van der Waals surface area contributed by atoms with Crippen LogP contribution in [0, 0.1) is 29.1 Å². The number of rotatable bonds is 3. The summed E-state index contributed by atoms with van der Waals surface area (Å²) in [6.07, 6.45) is 12.3. The molecule has 0 aromatic carbocycles. The summed E-state index contributed by atoms with van der Waals surface area (Å²) in [4.78, 5) is 0. The average molecular weight is 206 g/mol. The zero-order valence-corrected chi connectivity index (χ0v) is 10.5. The minimum absolute atomic E-state index is 0.822. The van der Waals surface area contributed by atoms with Crippen molar-refractivity contribution in [3.05, 3.63) is 0 Å². The fourth-order valence-electron chi connectivity index (χ4n) is 5.94. The molecule has 3 rings (SSSR count). The standard InChI is InChI=1S/C15H26/c1-3-10-15(4-2)13-9-8-11-6-5-7-12(13)14(11)15/h11-14H,3-10H2,1-2H3/t11-,12?,13?,14?,15?/m0/s1. The van der Waals surface area contributed by atoms with Gasteiger partial charge >= 0.3 is 0 Å². The highest BCUT2D eigenvalue weighted by Crippen LogP contribution is 2.71. The molecule has 3 fully saturated rings. The Kier molecular flexibility index (Phi) is 2.37. The van der Waals surface area contributed by atoms with Crippen LogP contribution in [0.4, 0.5) is 0 Å². The van der Waals surface area contributed by atoms with Crippen LogP contribution in [0.25, 0.3) is 0 Å². The first-order chi connectivity index (χ1) is 7.33. The van der Waals surface area contributed by atoms with Crippen molar-refractivity contribution < 1.29 is 0 Å². The second-order valence-electron chi connectivity index (χ2n) is 6.40. The summed E-state index contributed by atoms with van der Waals surface area (Å²) in [5, 5.41) is 0. The van der Waals surface area contributed by atoms with Crippen LogP contribution in [0.3, 0.4) is 0 Å². The van der Waals surface area contributed by atoms with E-state index in [0.29, 0.717) is 0 Å². The van der Waals surface area contributed by atoms with E-state index in [4.69, 9.17) is 0 Å². The lowest BCUT2D eigenvalue weighted by atomic mass is 9.35. The molecule has 0 heterocycles. The van der Waals surface area contributed by atoms with Crippen LogP contribution in [0.5, 0.6) is 0 Å². The Labute approximate surface area is 94.8 Å². The van der Waals surface area contributed by atoms with Crippen molar-refractivity contribution in [1.29, 1.82) is 0 Å². The summed E-state index contributed by atoms with van der Waals surface area (Å²) in [6.45, 7) is 4.86. The minimum Gasteiger partial charge on any atom is -0.0654 e. The van der Waals surface area contributed by atoms with Crippen LogP contribution in [0.1, 0.15) is 65.2 Å². The normalized spacial score (nSPS) is 52.4. The quantitative estimate of drug-likeness (QED) is 0.631. The number of fused-ring (bicyclic) bond motifs is 2. The third kappa shape index (κ3) is 1.14. The number of hydrogen-bond donors (Lipinski definition) is 0. The van der Waals surface area contributed by atoms with Gasteiger partial charge in [0.2, 0.25) is 0 Å². The zero-order valence-electron chi connectivity index (χ0n) is 10.5. The molecule has 0 radical (unpaired) electrons. The monoisotopic (exact) mass is 206 g/mol. The fourth-order valence-corrected chi connectivity index (χ4v) is 5.94. The first-order valence-electron chi connectivity index (χ1n) is 7.33. The Hall–Kier alpha value is 0. The van der Waals surface area contributed by atoms with Crippen molar-refractivity contribution in [2.45, 2.75) is 65.2 Å². The Morgan fingerprint density at radius 2 is 1.93 bits per heavy atom. The molecule has 0 spiro atoms. The molecule has 0 saturated heterocycles. The van der Waals surface area contributed by atoms with Crippen molar-refractivity contribution in [1.82, 2.24) is 0 Å². The van der Waals surface area contributed by atoms with Crippen LogP contribution in [0.2, 0.25) is 0 Å². The Morgan fingerprint density at radius 1 is 1.07 bits per heavy atom. The van der Waals surface area contributed by atoms with Gasteiger partial charge in [-0.2, -0.15) is 0 Å². The van der Waals surface area contributed by atoms with Gasteiger partial charge in [-0.15, -0.1) is 0 Å². The lowest BCUT2D eigenvalue weighted by molar-refractivity contribution is -0.216. The van der Waals surface area contributed by atoms with Crippen LogP contribution >= 0.6 is 0 Å². The Morgan fingerprint density at radius 3 is 2.60 bits per heavy atom. The SMILES string of the molecule is CCCC1(CC)C2CC[C@@H]3CCCC2C31. The topological polar surface area (TPSA) is 0 Å². The molecule has 0 heteroatoms. The fraction of sp³-hybridized carbons (Fsp3) is 1.00. The highest BCUT2D eigenvalue weighted by Gasteiger charge is 2.64. The Balaban J connectivity index is 1.87. The molecule has 3 aliphatic rings. The summed E-state index contributed by atoms with van der Waals surface area (Å²) in [5.41, 5.74) is 0.822.